The second-order valence-electron chi connectivity index (χ2n) is 7.44. The zero-order chi connectivity index (χ0) is 16.5. The van der Waals surface area contributed by atoms with Crippen molar-refractivity contribution in [2.45, 2.75) is 51.2 Å². The standard InChI is InChI=1S/C18H25N3O2/c1-17(2,3)16-19-15(23-20-16)13-21-11-9-18(22,10-12-21)14-7-5-4-6-8-14/h4-8,22H,9-13H2,1-3H3. The summed E-state index contributed by atoms with van der Waals surface area (Å²) in [5.74, 6) is 1.39. The molecule has 5 heteroatoms. The van der Waals surface area contributed by atoms with Crippen LogP contribution in [0.5, 0.6) is 0 Å². The minimum atomic E-state index is -0.719. The quantitative estimate of drug-likeness (QED) is 0.943. The van der Waals surface area contributed by atoms with Crippen LogP contribution >= 0.6 is 0 Å². The zero-order valence-electron chi connectivity index (χ0n) is 14.1. The molecule has 1 N–H and O–H groups in total. The number of nitrogens with zero attached hydrogens (tertiary/aromatic N) is 3. The number of benzene rings is 1. The van der Waals surface area contributed by atoms with Crippen molar-refractivity contribution in [1.29, 1.82) is 0 Å². The van der Waals surface area contributed by atoms with E-state index in [2.05, 4.69) is 35.8 Å². The Kier molecular flexibility index (Phi) is 4.25. The molecule has 1 aromatic heterocycles. The largest absolute Gasteiger partial charge is 0.385 e. The summed E-state index contributed by atoms with van der Waals surface area (Å²) in [6.07, 6.45) is 1.44. The van der Waals surface area contributed by atoms with Gasteiger partial charge < -0.3 is 9.63 Å². The number of aromatic nitrogens is 2. The van der Waals surface area contributed by atoms with Gasteiger partial charge in [-0.25, -0.2) is 0 Å². The van der Waals surface area contributed by atoms with E-state index in [0.29, 0.717) is 12.4 Å². The average Bonchev–Trinajstić information content (AvgIpc) is 3.00. The first-order valence-electron chi connectivity index (χ1n) is 8.20. The van der Waals surface area contributed by atoms with Crippen molar-refractivity contribution in [3.63, 3.8) is 0 Å². The second-order valence-corrected chi connectivity index (χ2v) is 7.44. The summed E-state index contributed by atoms with van der Waals surface area (Å²) in [5.41, 5.74) is 0.188. The Morgan fingerprint density at radius 3 is 2.39 bits per heavy atom. The van der Waals surface area contributed by atoms with Gasteiger partial charge >= 0.3 is 0 Å². The Labute approximate surface area is 137 Å². The third-order valence-corrected chi connectivity index (χ3v) is 4.49. The molecule has 0 amide bonds. The van der Waals surface area contributed by atoms with Crippen LogP contribution in [-0.4, -0.2) is 33.2 Å². The van der Waals surface area contributed by atoms with E-state index in [-0.39, 0.29) is 5.41 Å². The van der Waals surface area contributed by atoms with E-state index < -0.39 is 5.60 Å². The highest BCUT2D eigenvalue weighted by Crippen LogP contribution is 2.33. The Hall–Kier alpha value is -1.72. The molecule has 1 aliphatic rings. The Morgan fingerprint density at radius 1 is 1.17 bits per heavy atom. The molecule has 124 valence electrons. The van der Waals surface area contributed by atoms with Crippen molar-refractivity contribution in [3.8, 4) is 0 Å². The fourth-order valence-electron chi connectivity index (χ4n) is 2.93. The number of likely N-dealkylation sites (tertiary alicyclic amines) is 1. The van der Waals surface area contributed by atoms with E-state index >= 15 is 0 Å². The highest BCUT2D eigenvalue weighted by Gasteiger charge is 2.34. The van der Waals surface area contributed by atoms with Crippen LogP contribution in [0.15, 0.2) is 34.9 Å². The van der Waals surface area contributed by atoms with Crippen molar-refractivity contribution in [2.75, 3.05) is 13.1 Å². The predicted octanol–water partition coefficient (Wildman–Crippen LogP) is 2.85. The second kappa shape index (κ2) is 6.06. The Morgan fingerprint density at radius 2 is 1.83 bits per heavy atom. The molecule has 0 saturated carbocycles. The van der Waals surface area contributed by atoms with Gasteiger partial charge in [0.2, 0.25) is 5.89 Å². The van der Waals surface area contributed by atoms with Crippen LogP contribution in [0.3, 0.4) is 0 Å². The average molecular weight is 315 g/mol. The van der Waals surface area contributed by atoms with Crippen molar-refractivity contribution in [3.05, 3.63) is 47.6 Å². The summed E-state index contributed by atoms with van der Waals surface area (Å²) in [5, 5.41) is 14.9. The van der Waals surface area contributed by atoms with Gasteiger partial charge in [-0.1, -0.05) is 56.3 Å². The number of piperidine rings is 1. The molecule has 0 unspecified atom stereocenters. The van der Waals surface area contributed by atoms with Gasteiger partial charge in [0, 0.05) is 18.5 Å². The summed E-state index contributed by atoms with van der Waals surface area (Å²) < 4.78 is 5.37. The highest BCUT2D eigenvalue weighted by molar-refractivity contribution is 5.23. The van der Waals surface area contributed by atoms with Crippen LogP contribution in [0, 0.1) is 0 Å². The first-order chi connectivity index (χ1) is 10.9. The summed E-state index contributed by atoms with van der Waals surface area (Å²) in [6, 6.07) is 9.94. The molecule has 0 spiro atoms. The van der Waals surface area contributed by atoms with Crippen molar-refractivity contribution >= 4 is 0 Å². The van der Waals surface area contributed by atoms with Crippen LogP contribution in [0.25, 0.3) is 0 Å². The molecule has 1 aromatic carbocycles. The summed E-state index contributed by atoms with van der Waals surface area (Å²) >= 11 is 0. The molecular formula is C18H25N3O2. The third-order valence-electron chi connectivity index (χ3n) is 4.49. The van der Waals surface area contributed by atoms with E-state index in [1.54, 1.807) is 0 Å². The molecule has 23 heavy (non-hydrogen) atoms. The summed E-state index contributed by atoms with van der Waals surface area (Å²) in [6.45, 7) is 8.50. The lowest BCUT2D eigenvalue weighted by molar-refractivity contribution is -0.0295. The van der Waals surface area contributed by atoms with Crippen molar-refractivity contribution in [2.24, 2.45) is 0 Å². The van der Waals surface area contributed by atoms with Crippen molar-refractivity contribution in [1.82, 2.24) is 15.0 Å². The maximum absolute atomic E-state index is 10.9. The lowest BCUT2D eigenvalue weighted by atomic mass is 9.84. The Balaban J connectivity index is 1.60. The fraction of sp³-hybridized carbons (Fsp3) is 0.556. The van der Waals surface area contributed by atoms with Gasteiger partial charge in [-0.15, -0.1) is 0 Å². The van der Waals surface area contributed by atoms with Gasteiger partial charge in [0.05, 0.1) is 12.1 Å². The van der Waals surface area contributed by atoms with E-state index in [0.717, 1.165) is 37.3 Å². The summed E-state index contributed by atoms with van der Waals surface area (Å²) in [4.78, 5) is 6.75. The highest BCUT2D eigenvalue weighted by atomic mass is 16.5. The van der Waals surface area contributed by atoms with Crippen LogP contribution < -0.4 is 0 Å². The van der Waals surface area contributed by atoms with Crippen molar-refractivity contribution < 1.29 is 9.63 Å². The molecule has 3 rings (SSSR count). The molecule has 1 saturated heterocycles. The van der Waals surface area contributed by atoms with E-state index in [4.69, 9.17) is 4.52 Å². The number of hydrogen-bond acceptors (Lipinski definition) is 5. The van der Waals surface area contributed by atoms with E-state index in [1.165, 1.54) is 0 Å². The Bertz CT molecular complexity index is 638. The van der Waals surface area contributed by atoms with Crippen LogP contribution in [0.2, 0.25) is 0 Å². The molecule has 0 aliphatic carbocycles. The van der Waals surface area contributed by atoms with Gasteiger partial charge in [-0.2, -0.15) is 4.98 Å². The number of hydrogen-bond donors (Lipinski definition) is 1. The maximum Gasteiger partial charge on any atom is 0.240 e. The maximum atomic E-state index is 10.9. The molecule has 2 heterocycles. The molecule has 0 bridgehead atoms. The number of rotatable bonds is 3. The van der Waals surface area contributed by atoms with E-state index in [9.17, 15) is 5.11 Å². The number of aliphatic hydroxyl groups is 1. The molecule has 2 aromatic rings. The van der Waals surface area contributed by atoms with Gasteiger partial charge in [0.15, 0.2) is 5.82 Å². The first-order valence-corrected chi connectivity index (χ1v) is 8.20. The zero-order valence-corrected chi connectivity index (χ0v) is 14.1. The topological polar surface area (TPSA) is 62.4 Å². The van der Waals surface area contributed by atoms with Gasteiger partial charge in [0.25, 0.3) is 0 Å². The molecule has 0 atom stereocenters. The molecule has 5 nitrogen and oxygen atoms in total. The van der Waals surface area contributed by atoms with E-state index in [1.807, 2.05) is 30.3 Å². The molecule has 1 fully saturated rings. The third kappa shape index (κ3) is 3.62. The van der Waals surface area contributed by atoms with Gasteiger partial charge in [-0.05, 0) is 18.4 Å². The predicted molar refractivity (Wildman–Crippen MR) is 87.8 cm³/mol. The van der Waals surface area contributed by atoms with Crippen LogP contribution in [-0.2, 0) is 17.6 Å². The molecule has 0 radical (unpaired) electrons. The lowest BCUT2D eigenvalue weighted by Crippen LogP contribution is -2.42. The van der Waals surface area contributed by atoms with Gasteiger partial charge in [-0.3, -0.25) is 4.90 Å². The normalized spacial score (nSPS) is 19.0. The minimum absolute atomic E-state index is 0.1000. The van der Waals surface area contributed by atoms with Crippen LogP contribution in [0.1, 0.15) is 50.9 Å². The monoisotopic (exact) mass is 315 g/mol. The molecule has 1 aliphatic heterocycles. The SMILES string of the molecule is CC(C)(C)c1noc(CN2CCC(O)(c3ccccc3)CC2)n1. The minimum Gasteiger partial charge on any atom is -0.385 e. The fourth-order valence-corrected chi connectivity index (χ4v) is 2.93. The lowest BCUT2D eigenvalue weighted by Gasteiger charge is -2.38. The smallest absolute Gasteiger partial charge is 0.240 e. The summed E-state index contributed by atoms with van der Waals surface area (Å²) in [7, 11) is 0. The molecular weight excluding hydrogens is 290 g/mol. The van der Waals surface area contributed by atoms with Crippen LogP contribution in [0.4, 0.5) is 0 Å². The first kappa shape index (κ1) is 16.1. The van der Waals surface area contributed by atoms with Gasteiger partial charge in [0.1, 0.15) is 0 Å².